The van der Waals surface area contributed by atoms with Gasteiger partial charge in [0.15, 0.2) is 6.61 Å². The van der Waals surface area contributed by atoms with Crippen molar-refractivity contribution in [2.45, 2.75) is 31.3 Å². The molecule has 0 fully saturated rings. The van der Waals surface area contributed by atoms with Gasteiger partial charge in [-0.25, -0.2) is 18.4 Å². The number of benzene rings is 2. The average molecular weight is 391 g/mol. The Morgan fingerprint density at radius 1 is 1.15 bits per heavy atom. The maximum absolute atomic E-state index is 11.9. The van der Waals surface area contributed by atoms with Crippen LogP contribution in [0.25, 0.3) is 11.1 Å². The van der Waals surface area contributed by atoms with Crippen molar-refractivity contribution in [2.75, 3.05) is 6.61 Å². The van der Waals surface area contributed by atoms with Crippen LogP contribution in [0.3, 0.4) is 0 Å². The van der Waals surface area contributed by atoms with Crippen LogP contribution in [0.4, 0.5) is 0 Å². The first-order valence-corrected chi connectivity index (χ1v) is 9.61. The zero-order chi connectivity index (χ0) is 20.2. The number of aldehydes is 1. The average Bonchev–Trinajstić information content (AvgIpc) is 2.57. The minimum Gasteiger partial charge on any atom is -0.481 e. The van der Waals surface area contributed by atoms with Gasteiger partial charge in [-0.3, -0.25) is 4.79 Å². The summed E-state index contributed by atoms with van der Waals surface area (Å²) in [5.74, 6) is -0.246. The fourth-order valence-corrected chi connectivity index (χ4v) is 2.88. The molecule has 2 aromatic carbocycles. The topological polar surface area (TPSA) is 113 Å². The minimum atomic E-state index is -3.89. The quantitative estimate of drug-likeness (QED) is 0.598. The second-order valence-corrected chi connectivity index (χ2v) is 8.38. The van der Waals surface area contributed by atoms with Gasteiger partial charge in [0.25, 0.3) is 0 Å². The maximum Gasteiger partial charge on any atom is 0.344 e. The Balaban J connectivity index is 2.38. The van der Waals surface area contributed by atoms with Crippen molar-refractivity contribution < 1.29 is 27.5 Å². The van der Waals surface area contributed by atoms with Crippen LogP contribution < -0.4 is 9.88 Å². The van der Waals surface area contributed by atoms with Crippen LogP contribution in [0.2, 0.25) is 0 Å². The van der Waals surface area contributed by atoms with Crippen LogP contribution in [-0.4, -0.2) is 32.9 Å². The first-order chi connectivity index (χ1) is 12.5. The fraction of sp³-hybridized carbons (Fsp3) is 0.263. The SMILES string of the molecule is CC(C)(C)OC(=O)COc1ccc(C=O)cc1-c1cccc(S(N)(=O)=O)c1. The molecule has 0 amide bonds. The number of primary sulfonamides is 1. The number of carbonyl (C=O) groups is 2. The highest BCUT2D eigenvalue weighted by molar-refractivity contribution is 7.89. The van der Waals surface area contributed by atoms with E-state index < -0.39 is 21.6 Å². The van der Waals surface area contributed by atoms with Gasteiger partial charge in [-0.1, -0.05) is 12.1 Å². The van der Waals surface area contributed by atoms with Crippen molar-refractivity contribution in [1.82, 2.24) is 0 Å². The smallest absolute Gasteiger partial charge is 0.344 e. The van der Waals surface area contributed by atoms with Gasteiger partial charge in [-0.15, -0.1) is 0 Å². The highest BCUT2D eigenvalue weighted by Gasteiger charge is 2.18. The minimum absolute atomic E-state index is 0.0744. The van der Waals surface area contributed by atoms with E-state index in [1.165, 1.54) is 30.3 Å². The van der Waals surface area contributed by atoms with Crippen molar-refractivity contribution in [3.8, 4) is 16.9 Å². The molecule has 0 heterocycles. The van der Waals surface area contributed by atoms with E-state index in [4.69, 9.17) is 14.6 Å². The number of carbonyl (C=O) groups excluding carboxylic acids is 2. The van der Waals surface area contributed by atoms with Crippen molar-refractivity contribution in [3.63, 3.8) is 0 Å². The maximum atomic E-state index is 11.9. The van der Waals surface area contributed by atoms with Gasteiger partial charge in [0, 0.05) is 11.1 Å². The van der Waals surface area contributed by atoms with Crippen LogP contribution in [0.5, 0.6) is 5.75 Å². The molecule has 27 heavy (non-hydrogen) atoms. The number of hydrogen-bond donors (Lipinski definition) is 1. The number of nitrogens with two attached hydrogens (primary N) is 1. The molecule has 0 aliphatic carbocycles. The Hall–Kier alpha value is -2.71. The zero-order valence-corrected chi connectivity index (χ0v) is 16.1. The molecule has 0 saturated carbocycles. The van der Waals surface area contributed by atoms with Crippen molar-refractivity contribution in [1.29, 1.82) is 0 Å². The molecule has 0 aliphatic rings. The molecule has 0 aromatic heterocycles. The summed E-state index contributed by atoms with van der Waals surface area (Å²) in [6, 6.07) is 10.5. The number of esters is 1. The lowest BCUT2D eigenvalue weighted by Crippen LogP contribution is -2.27. The molecule has 7 nitrogen and oxygen atoms in total. The molecule has 0 radical (unpaired) electrons. The standard InChI is InChI=1S/C19H21NO6S/c1-19(2,3)26-18(22)12-25-17-8-7-13(11-21)9-16(17)14-5-4-6-15(10-14)27(20,23)24/h4-11H,12H2,1-3H3,(H2,20,23,24). The van der Waals surface area contributed by atoms with E-state index in [0.717, 1.165) is 0 Å². The molecule has 8 heteroatoms. The van der Waals surface area contributed by atoms with Crippen LogP contribution in [0.15, 0.2) is 47.4 Å². The third-order valence-corrected chi connectivity index (χ3v) is 4.29. The van der Waals surface area contributed by atoms with Crippen molar-refractivity contribution >= 4 is 22.3 Å². The highest BCUT2D eigenvalue weighted by atomic mass is 32.2. The summed E-state index contributed by atoms with van der Waals surface area (Å²) in [6.07, 6.45) is 0.657. The van der Waals surface area contributed by atoms with Gasteiger partial charge < -0.3 is 9.47 Å². The van der Waals surface area contributed by atoms with Gasteiger partial charge in [0.1, 0.15) is 17.6 Å². The lowest BCUT2D eigenvalue weighted by atomic mass is 10.0. The molecule has 0 atom stereocenters. The molecule has 0 saturated heterocycles. The largest absolute Gasteiger partial charge is 0.481 e. The number of sulfonamides is 1. The third kappa shape index (κ3) is 5.90. The summed E-state index contributed by atoms with van der Waals surface area (Å²) in [6.45, 7) is 4.90. The monoisotopic (exact) mass is 391 g/mol. The summed E-state index contributed by atoms with van der Waals surface area (Å²) in [4.78, 5) is 22.9. The normalized spacial score (nSPS) is 11.7. The predicted molar refractivity (Wildman–Crippen MR) is 100.0 cm³/mol. The molecule has 0 unspecified atom stereocenters. The molecular weight excluding hydrogens is 370 g/mol. The lowest BCUT2D eigenvalue weighted by Gasteiger charge is -2.20. The van der Waals surface area contributed by atoms with Crippen LogP contribution >= 0.6 is 0 Å². The van der Waals surface area contributed by atoms with Crippen molar-refractivity contribution in [2.24, 2.45) is 5.14 Å². The van der Waals surface area contributed by atoms with E-state index in [1.54, 1.807) is 32.9 Å². The van der Waals surface area contributed by atoms with Gasteiger partial charge in [0.05, 0.1) is 4.90 Å². The number of hydrogen-bond acceptors (Lipinski definition) is 6. The second-order valence-electron chi connectivity index (χ2n) is 6.82. The Bertz CT molecular complexity index is 960. The Morgan fingerprint density at radius 3 is 2.44 bits per heavy atom. The molecule has 2 aromatic rings. The zero-order valence-electron chi connectivity index (χ0n) is 15.3. The second kappa shape index (κ2) is 7.89. The third-order valence-electron chi connectivity index (χ3n) is 3.38. The lowest BCUT2D eigenvalue weighted by molar-refractivity contribution is -0.157. The van der Waals surface area contributed by atoms with E-state index in [-0.39, 0.29) is 11.5 Å². The fourth-order valence-electron chi connectivity index (χ4n) is 2.32. The van der Waals surface area contributed by atoms with Gasteiger partial charge in [0.2, 0.25) is 10.0 Å². The molecule has 0 spiro atoms. The summed E-state index contributed by atoms with van der Waals surface area (Å²) < 4.78 is 34.0. The molecule has 2 N–H and O–H groups in total. The van der Waals surface area contributed by atoms with Crippen molar-refractivity contribution in [3.05, 3.63) is 48.0 Å². The first-order valence-electron chi connectivity index (χ1n) is 8.07. The van der Waals surface area contributed by atoms with Crippen LogP contribution in [0, 0.1) is 0 Å². The molecule has 2 rings (SSSR count). The van der Waals surface area contributed by atoms with E-state index >= 15 is 0 Å². The highest BCUT2D eigenvalue weighted by Crippen LogP contribution is 2.32. The molecule has 144 valence electrons. The summed E-state index contributed by atoms with van der Waals surface area (Å²) in [7, 11) is -3.89. The first kappa shape index (κ1) is 20.6. The molecular formula is C19H21NO6S. The Labute approximate surface area is 158 Å². The predicted octanol–water partition coefficient (Wildman–Crippen LogP) is 2.53. The van der Waals surface area contributed by atoms with Gasteiger partial charge >= 0.3 is 5.97 Å². The summed E-state index contributed by atoms with van der Waals surface area (Å²) in [5, 5.41) is 5.18. The Morgan fingerprint density at radius 2 is 1.85 bits per heavy atom. The van der Waals surface area contributed by atoms with E-state index in [9.17, 15) is 18.0 Å². The van der Waals surface area contributed by atoms with E-state index in [0.29, 0.717) is 28.7 Å². The van der Waals surface area contributed by atoms with E-state index in [2.05, 4.69) is 0 Å². The van der Waals surface area contributed by atoms with E-state index in [1.807, 2.05) is 0 Å². The summed E-state index contributed by atoms with van der Waals surface area (Å²) >= 11 is 0. The van der Waals surface area contributed by atoms with Crippen LogP contribution in [0.1, 0.15) is 31.1 Å². The number of rotatable bonds is 6. The van der Waals surface area contributed by atoms with Gasteiger partial charge in [-0.05, 0) is 56.7 Å². The summed E-state index contributed by atoms with van der Waals surface area (Å²) in [5.41, 5.74) is 0.655. The van der Waals surface area contributed by atoms with Crippen LogP contribution in [-0.2, 0) is 19.6 Å². The molecule has 0 bridgehead atoms. The number of ether oxygens (including phenoxy) is 2. The van der Waals surface area contributed by atoms with Gasteiger partial charge in [-0.2, -0.15) is 0 Å². The molecule has 0 aliphatic heterocycles. The Kier molecular flexibility index (Phi) is 6.02.